The number of hydrogen-bond acceptors (Lipinski definition) is 6. The number of aliphatic hydroxyl groups excluding tert-OH is 1. The monoisotopic (exact) mass is 642 g/mol. The first kappa shape index (κ1) is 38.8. The van der Waals surface area contributed by atoms with Gasteiger partial charge in [0.15, 0.2) is 0 Å². The van der Waals surface area contributed by atoms with Gasteiger partial charge in [0.1, 0.15) is 6.10 Å². The SMILES string of the molecule is CC(C)(SC1CC(C(C)(C)C)C(O)C(C(C)(C)C)C1)SC1CC(C(C)(C)C)C(OC(=O)CCCC(=O)O)C(C(C)(C)C)C1. The van der Waals surface area contributed by atoms with Crippen LogP contribution >= 0.6 is 23.5 Å². The van der Waals surface area contributed by atoms with Crippen LogP contribution in [0.1, 0.15) is 142 Å². The Balaban J connectivity index is 2.27. The van der Waals surface area contributed by atoms with E-state index in [-0.39, 0.29) is 80.4 Å². The van der Waals surface area contributed by atoms with Gasteiger partial charge >= 0.3 is 11.9 Å². The lowest BCUT2D eigenvalue weighted by atomic mass is 9.61. The topological polar surface area (TPSA) is 83.8 Å². The van der Waals surface area contributed by atoms with Gasteiger partial charge in [-0.1, -0.05) is 83.1 Å². The molecule has 0 aromatic rings. The molecule has 0 aromatic heterocycles. The van der Waals surface area contributed by atoms with Gasteiger partial charge in [0.2, 0.25) is 0 Å². The van der Waals surface area contributed by atoms with E-state index in [9.17, 15) is 14.7 Å². The summed E-state index contributed by atoms with van der Waals surface area (Å²) in [4.78, 5) is 23.9. The highest BCUT2D eigenvalue weighted by molar-refractivity contribution is 8.18. The Labute approximate surface area is 273 Å². The van der Waals surface area contributed by atoms with Crippen molar-refractivity contribution >= 4 is 35.5 Å². The van der Waals surface area contributed by atoms with E-state index >= 15 is 0 Å². The molecule has 0 bridgehead atoms. The summed E-state index contributed by atoms with van der Waals surface area (Å²) in [5.74, 6) is -0.156. The maximum Gasteiger partial charge on any atom is 0.306 e. The van der Waals surface area contributed by atoms with Gasteiger partial charge in [-0.3, -0.25) is 9.59 Å². The van der Waals surface area contributed by atoms with Crippen LogP contribution in [0.25, 0.3) is 0 Å². The van der Waals surface area contributed by atoms with E-state index in [1.165, 1.54) is 0 Å². The molecule has 0 aliphatic heterocycles. The van der Waals surface area contributed by atoms with E-state index in [4.69, 9.17) is 9.84 Å². The summed E-state index contributed by atoms with van der Waals surface area (Å²) in [6, 6.07) is 0. The molecule has 0 spiro atoms. The molecule has 0 radical (unpaired) electrons. The molecule has 0 saturated heterocycles. The third kappa shape index (κ3) is 11.4. The Hall–Kier alpha value is -0.400. The fraction of sp³-hybridized carbons (Fsp3) is 0.944. The average Bonchev–Trinajstić information content (AvgIpc) is 2.77. The van der Waals surface area contributed by atoms with E-state index in [2.05, 4.69) is 120 Å². The molecule has 4 unspecified atom stereocenters. The predicted octanol–water partition coefficient (Wildman–Crippen LogP) is 9.69. The van der Waals surface area contributed by atoms with Crippen molar-refractivity contribution in [1.82, 2.24) is 0 Å². The largest absolute Gasteiger partial charge is 0.481 e. The second-order valence-electron chi connectivity index (χ2n) is 18.4. The van der Waals surface area contributed by atoms with Crippen LogP contribution in [0.2, 0.25) is 0 Å². The highest BCUT2D eigenvalue weighted by Gasteiger charge is 2.51. The van der Waals surface area contributed by atoms with E-state index in [0.717, 1.165) is 25.7 Å². The van der Waals surface area contributed by atoms with Crippen LogP contribution in [0.4, 0.5) is 0 Å². The van der Waals surface area contributed by atoms with Crippen LogP contribution in [0.15, 0.2) is 0 Å². The van der Waals surface area contributed by atoms with Gasteiger partial charge in [-0.2, -0.15) is 0 Å². The van der Waals surface area contributed by atoms with E-state index in [1.54, 1.807) is 0 Å². The number of carboxylic acids is 1. The molecular weight excluding hydrogens is 577 g/mol. The van der Waals surface area contributed by atoms with Gasteiger partial charge in [0.25, 0.3) is 0 Å². The molecule has 2 rings (SSSR count). The number of aliphatic carboxylic acids is 1. The summed E-state index contributed by atoms with van der Waals surface area (Å²) in [5.41, 5.74) is 0.0439. The zero-order chi connectivity index (χ0) is 33.3. The predicted molar refractivity (Wildman–Crippen MR) is 184 cm³/mol. The van der Waals surface area contributed by atoms with Gasteiger partial charge in [0.05, 0.1) is 10.2 Å². The molecule has 2 N–H and O–H groups in total. The standard InChI is InChI=1S/C36H66O5S2/c1-32(2,3)24-18-22(19-25(30(24)40)33(4,5)6)42-36(13,14)43-23-20-26(34(7,8)9)31(27(21-23)35(10,11)12)41-29(39)17-15-16-28(37)38/h22-27,30-31,40H,15-21H2,1-14H3,(H,37,38). The quantitative estimate of drug-likeness (QED) is 0.191. The van der Waals surface area contributed by atoms with E-state index < -0.39 is 5.97 Å². The zero-order valence-electron chi connectivity index (χ0n) is 30.0. The van der Waals surface area contributed by atoms with Gasteiger partial charge in [-0.05, 0) is 79.4 Å². The summed E-state index contributed by atoms with van der Waals surface area (Å²) in [7, 11) is 0. The van der Waals surface area contributed by atoms with Crippen molar-refractivity contribution < 1.29 is 24.5 Å². The third-order valence-corrected chi connectivity index (χ3v) is 13.2. The van der Waals surface area contributed by atoms with Gasteiger partial charge in [-0.25, -0.2) is 0 Å². The van der Waals surface area contributed by atoms with Crippen LogP contribution in [0.3, 0.4) is 0 Å². The molecule has 2 saturated carbocycles. The molecule has 7 heteroatoms. The lowest BCUT2D eigenvalue weighted by Crippen LogP contribution is -2.51. The van der Waals surface area contributed by atoms with Crippen molar-refractivity contribution in [3.05, 3.63) is 0 Å². The Kier molecular flexibility index (Phi) is 12.8. The van der Waals surface area contributed by atoms with Gasteiger partial charge < -0.3 is 14.9 Å². The maximum atomic E-state index is 12.9. The van der Waals surface area contributed by atoms with Crippen LogP contribution in [-0.2, 0) is 14.3 Å². The Morgan fingerprint density at radius 2 is 0.977 bits per heavy atom. The first-order valence-electron chi connectivity index (χ1n) is 16.7. The average molecular weight is 643 g/mol. The Bertz CT molecular complexity index is 885. The number of carbonyl (C=O) groups is 2. The molecule has 43 heavy (non-hydrogen) atoms. The van der Waals surface area contributed by atoms with Crippen LogP contribution in [-0.4, -0.2) is 48.9 Å². The number of hydrogen-bond donors (Lipinski definition) is 2. The van der Waals surface area contributed by atoms with Gasteiger partial charge in [-0.15, -0.1) is 23.5 Å². The van der Waals surface area contributed by atoms with E-state index in [1.807, 2.05) is 0 Å². The smallest absolute Gasteiger partial charge is 0.306 e. The number of thioether (sulfide) groups is 2. The molecule has 252 valence electrons. The number of rotatable bonds is 9. The number of aliphatic hydroxyl groups is 1. The van der Waals surface area contributed by atoms with Crippen LogP contribution in [0.5, 0.6) is 0 Å². The Morgan fingerprint density at radius 3 is 1.30 bits per heavy atom. The fourth-order valence-corrected chi connectivity index (χ4v) is 11.5. The van der Waals surface area contributed by atoms with Crippen molar-refractivity contribution in [2.24, 2.45) is 45.3 Å². The minimum Gasteiger partial charge on any atom is -0.481 e. The van der Waals surface area contributed by atoms with Gasteiger partial charge in [0, 0.05) is 35.2 Å². The lowest BCUT2D eigenvalue weighted by molar-refractivity contribution is -0.166. The molecule has 2 aliphatic carbocycles. The second-order valence-corrected chi connectivity index (χ2v) is 22.5. The number of ether oxygens (including phenoxy) is 1. The highest BCUT2D eigenvalue weighted by Crippen LogP contribution is 2.56. The summed E-state index contributed by atoms with van der Waals surface area (Å²) in [6.45, 7) is 32.1. The second kappa shape index (κ2) is 14.2. The summed E-state index contributed by atoms with van der Waals surface area (Å²) < 4.78 is 6.29. The maximum absolute atomic E-state index is 12.9. The summed E-state index contributed by atoms with van der Waals surface area (Å²) in [6.07, 6.45) is 4.10. The number of carboxylic acid groups (broad SMARTS) is 1. The minimum atomic E-state index is -0.877. The first-order valence-corrected chi connectivity index (χ1v) is 18.4. The molecule has 0 aromatic carbocycles. The molecule has 0 heterocycles. The first-order chi connectivity index (χ1) is 19.2. The van der Waals surface area contributed by atoms with Crippen molar-refractivity contribution in [1.29, 1.82) is 0 Å². The molecule has 2 fully saturated rings. The van der Waals surface area contributed by atoms with Crippen molar-refractivity contribution in [2.75, 3.05) is 0 Å². The lowest BCUT2D eigenvalue weighted by Gasteiger charge is -2.52. The van der Waals surface area contributed by atoms with Crippen LogP contribution in [0, 0.1) is 45.3 Å². The summed E-state index contributed by atoms with van der Waals surface area (Å²) >= 11 is 4.22. The number of carbonyl (C=O) groups excluding carboxylic acids is 1. The van der Waals surface area contributed by atoms with Crippen molar-refractivity contribution in [3.8, 4) is 0 Å². The summed E-state index contributed by atoms with van der Waals surface area (Å²) in [5, 5.41) is 21.4. The zero-order valence-corrected chi connectivity index (χ0v) is 31.6. The Morgan fingerprint density at radius 1 is 0.628 bits per heavy atom. The van der Waals surface area contributed by atoms with E-state index in [0.29, 0.717) is 16.9 Å². The fourth-order valence-electron chi connectivity index (χ4n) is 7.64. The normalized spacial score (nSPS) is 31.5. The molecule has 0 amide bonds. The number of esters is 1. The molecule has 5 nitrogen and oxygen atoms in total. The highest BCUT2D eigenvalue weighted by atomic mass is 32.2. The molecule has 4 atom stereocenters. The molecule has 2 aliphatic rings. The molecular formula is C36H66O5S2. The van der Waals surface area contributed by atoms with Crippen molar-refractivity contribution in [3.63, 3.8) is 0 Å². The third-order valence-electron chi connectivity index (χ3n) is 10.1. The minimum absolute atomic E-state index is 0.00765. The van der Waals surface area contributed by atoms with Crippen molar-refractivity contribution in [2.45, 2.75) is 169 Å². The van der Waals surface area contributed by atoms with Crippen LogP contribution < -0.4 is 0 Å².